The normalized spacial score (nSPS) is 19.2. The van der Waals surface area contributed by atoms with Crippen LogP contribution in [0.4, 0.5) is 5.69 Å². The minimum absolute atomic E-state index is 0.204. The van der Waals surface area contributed by atoms with Crippen LogP contribution < -0.4 is 4.90 Å². The van der Waals surface area contributed by atoms with Gasteiger partial charge in [-0.05, 0) is 43.0 Å². The van der Waals surface area contributed by atoms with Crippen molar-refractivity contribution in [3.63, 3.8) is 0 Å². The van der Waals surface area contributed by atoms with Crippen LogP contribution in [0.25, 0.3) is 0 Å². The van der Waals surface area contributed by atoms with E-state index in [1.165, 1.54) is 18.5 Å². The van der Waals surface area contributed by atoms with Crippen molar-refractivity contribution in [3.8, 4) is 0 Å². The Labute approximate surface area is 115 Å². The lowest BCUT2D eigenvalue weighted by molar-refractivity contribution is 0.0576. The number of hydrogen-bond acceptors (Lipinski definition) is 3. The number of carbonyl (C=O) groups excluding carboxylic acids is 1. The summed E-state index contributed by atoms with van der Waals surface area (Å²) >= 11 is 0. The van der Waals surface area contributed by atoms with Crippen LogP contribution in [-0.4, -0.2) is 32.6 Å². The van der Waals surface area contributed by atoms with Gasteiger partial charge in [0.15, 0.2) is 5.78 Å². The molecule has 0 radical (unpaired) electrons. The van der Waals surface area contributed by atoms with Crippen molar-refractivity contribution in [1.82, 2.24) is 0 Å². The lowest BCUT2D eigenvalue weighted by Crippen LogP contribution is -2.30. The summed E-state index contributed by atoms with van der Waals surface area (Å²) in [6, 6.07) is 7.92. The van der Waals surface area contributed by atoms with Crippen molar-refractivity contribution < 1.29 is 9.53 Å². The van der Waals surface area contributed by atoms with E-state index in [0.717, 1.165) is 25.3 Å². The van der Waals surface area contributed by atoms with Gasteiger partial charge < -0.3 is 9.64 Å². The summed E-state index contributed by atoms with van der Waals surface area (Å²) in [6.45, 7) is 4.69. The zero-order valence-corrected chi connectivity index (χ0v) is 11.9. The lowest BCUT2D eigenvalue weighted by Gasteiger charge is -2.28. The Morgan fingerprint density at radius 3 is 2.68 bits per heavy atom. The van der Waals surface area contributed by atoms with Crippen molar-refractivity contribution in [2.45, 2.75) is 26.2 Å². The molecule has 3 heteroatoms. The number of ether oxygens (including phenoxy) is 1. The maximum atomic E-state index is 11.6. The quantitative estimate of drug-likeness (QED) is 0.763. The first kappa shape index (κ1) is 14.1. The summed E-state index contributed by atoms with van der Waals surface area (Å²) in [5.41, 5.74) is 1.97. The first-order chi connectivity index (χ1) is 9.20. The van der Waals surface area contributed by atoms with Crippen molar-refractivity contribution in [3.05, 3.63) is 29.8 Å². The van der Waals surface area contributed by atoms with Crippen molar-refractivity contribution in [2.24, 2.45) is 5.92 Å². The molecule has 0 aromatic heterocycles. The summed E-state index contributed by atoms with van der Waals surface area (Å²) in [4.78, 5) is 13.8. The molecule has 104 valence electrons. The zero-order valence-electron chi connectivity index (χ0n) is 11.9. The first-order valence-corrected chi connectivity index (χ1v) is 7.13. The van der Waals surface area contributed by atoms with Crippen molar-refractivity contribution in [2.75, 3.05) is 31.7 Å². The van der Waals surface area contributed by atoms with E-state index in [2.05, 4.69) is 11.9 Å². The van der Waals surface area contributed by atoms with Crippen LogP contribution in [-0.2, 0) is 4.74 Å². The molecule has 0 aliphatic carbocycles. The van der Waals surface area contributed by atoms with E-state index < -0.39 is 0 Å². The molecule has 0 spiro atoms. The molecule has 1 aliphatic heterocycles. The van der Waals surface area contributed by atoms with Crippen molar-refractivity contribution >= 4 is 11.5 Å². The van der Waals surface area contributed by atoms with Crippen LogP contribution in [0.3, 0.4) is 0 Å². The Hall–Kier alpha value is -1.35. The molecule has 19 heavy (non-hydrogen) atoms. The highest BCUT2D eigenvalue weighted by Gasteiger charge is 2.16. The van der Waals surface area contributed by atoms with Gasteiger partial charge in [-0.15, -0.1) is 0 Å². The summed E-state index contributed by atoms with van der Waals surface area (Å²) < 4.78 is 5.51. The second kappa shape index (κ2) is 6.71. The number of nitrogens with zero attached hydrogens (tertiary/aromatic N) is 1. The molecule has 0 bridgehead atoms. The van der Waals surface area contributed by atoms with Crippen LogP contribution in [0.5, 0.6) is 0 Å². The average molecular weight is 261 g/mol. The number of benzene rings is 1. The van der Waals surface area contributed by atoms with Gasteiger partial charge in [-0.2, -0.15) is 0 Å². The maximum Gasteiger partial charge on any atom is 0.162 e. The third-order valence-corrected chi connectivity index (χ3v) is 3.74. The second-order valence-corrected chi connectivity index (χ2v) is 5.29. The Balaban J connectivity index is 1.94. The largest absolute Gasteiger partial charge is 0.381 e. The standard InChI is InChI=1S/C16H23NO2/c1-3-16(18)14-6-8-15(9-7-14)17(2)11-13-5-4-10-19-12-13/h6-9,13H,3-5,10-12H2,1-2H3. The van der Waals surface area contributed by atoms with E-state index in [0.29, 0.717) is 12.3 Å². The van der Waals surface area contributed by atoms with Gasteiger partial charge in [-0.25, -0.2) is 0 Å². The van der Waals surface area contributed by atoms with Crippen LogP contribution in [0.1, 0.15) is 36.5 Å². The molecule has 1 saturated heterocycles. The van der Waals surface area contributed by atoms with E-state index in [1.807, 2.05) is 31.2 Å². The highest BCUT2D eigenvalue weighted by molar-refractivity contribution is 5.96. The molecule has 0 amide bonds. The van der Waals surface area contributed by atoms with E-state index in [1.54, 1.807) is 0 Å². The Morgan fingerprint density at radius 1 is 1.37 bits per heavy atom. The van der Waals surface area contributed by atoms with Gasteiger partial charge in [0.05, 0.1) is 6.61 Å². The fourth-order valence-electron chi connectivity index (χ4n) is 2.55. The predicted octanol–water partition coefficient (Wildman–Crippen LogP) is 3.14. The Bertz CT molecular complexity index is 407. The molecule has 1 aromatic carbocycles. The van der Waals surface area contributed by atoms with E-state index in [9.17, 15) is 4.79 Å². The fraction of sp³-hybridized carbons (Fsp3) is 0.562. The van der Waals surface area contributed by atoms with Gasteiger partial charge in [0.25, 0.3) is 0 Å². The summed E-state index contributed by atoms with van der Waals surface area (Å²) in [7, 11) is 2.10. The number of carbonyl (C=O) groups is 1. The third-order valence-electron chi connectivity index (χ3n) is 3.74. The molecule has 0 N–H and O–H groups in total. The number of anilines is 1. The number of rotatable bonds is 5. The Morgan fingerprint density at radius 2 is 2.11 bits per heavy atom. The van der Waals surface area contributed by atoms with Crippen LogP contribution >= 0.6 is 0 Å². The van der Waals surface area contributed by atoms with E-state index in [-0.39, 0.29) is 5.78 Å². The highest BCUT2D eigenvalue weighted by atomic mass is 16.5. The molecule has 1 aliphatic rings. The van der Waals surface area contributed by atoms with E-state index >= 15 is 0 Å². The van der Waals surface area contributed by atoms with Gasteiger partial charge in [0.1, 0.15) is 0 Å². The molecule has 1 unspecified atom stereocenters. The van der Waals surface area contributed by atoms with Gasteiger partial charge >= 0.3 is 0 Å². The SMILES string of the molecule is CCC(=O)c1ccc(N(C)CC2CCCOC2)cc1. The fourth-order valence-corrected chi connectivity index (χ4v) is 2.55. The minimum atomic E-state index is 0.204. The molecular formula is C16H23NO2. The topological polar surface area (TPSA) is 29.5 Å². The molecule has 3 nitrogen and oxygen atoms in total. The second-order valence-electron chi connectivity index (χ2n) is 5.29. The van der Waals surface area contributed by atoms with Crippen LogP contribution in [0.15, 0.2) is 24.3 Å². The van der Waals surface area contributed by atoms with Crippen LogP contribution in [0, 0.1) is 5.92 Å². The summed E-state index contributed by atoms with van der Waals surface area (Å²) in [5, 5.41) is 0. The van der Waals surface area contributed by atoms with E-state index in [4.69, 9.17) is 4.74 Å². The molecule has 1 atom stereocenters. The number of Topliss-reactive ketones (excluding diaryl/α,β-unsaturated/α-hetero) is 1. The maximum absolute atomic E-state index is 11.6. The Kier molecular flexibility index (Phi) is 4.97. The lowest BCUT2D eigenvalue weighted by atomic mass is 10.0. The molecule has 2 rings (SSSR count). The molecular weight excluding hydrogens is 238 g/mol. The van der Waals surface area contributed by atoms with Gasteiger partial charge in [0.2, 0.25) is 0 Å². The molecule has 1 heterocycles. The van der Waals surface area contributed by atoms with Crippen molar-refractivity contribution in [1.29, 1.82) is 0 Å². The van der Waals surface area contributed by atoms with Gasteiger partial charge in [0, 0.05) is 37.9 Å². The van der Waals surface area contributed by atoms with Crippen LogP contribution in [0.2, 0.25) is 0 Å². The highest BCUT2D eigenvalue weighted by Crippen LogP contribution is 2.20. The van der Waals surface area contributed by atoms with Gasteiger partial charge in [-0.1, -0.05) is 6.92 Å². The third kappa shape index (κ3) is 3.80. The minimum Gasteiger partial charge on any atom is -0.381 e. The average Bonchev–Trinajstić information content (AvgIpc) is 2.47. The first-order valence-electron chi connectivity index (χ1n) is 7.13. The zero-order chi connectivity index (χ0) is 13.7. The monoisotopic (exact) mass is 261 g/mol. The predicted molar refractivity (Wildman–Crippen MR) is 77.9 cm³/mol. The number of hydrogen-bond donors (Lipinski definition) is 0. The summed E-state index contributed by atoms with van der Waals surface area (Å²) in [5.74, 6) is 0.825. The smallest absolute Gasteiger partial charge is 0.162 e. The molecule has 1 fully saturated rings. The molecule has 0 saturated carbocycles. The molecule has 1 aromatic rings. The van der Waals surface area contributed by atoms with Gasteiger partial charge in [-0.3, -0.25) is 4.79 Å². The number of ketones is 1. The summed E-state index contributed by atoms with van der Waals surface area (Å²) in [6.07, 6.45) is 2.98.